The molecule has 388 valence electrons. The Bertz CT molecular complexity index is 1070. The zero-order valence-corrected chi connectivity index (χ0v) is 44.2. The van der Waals surface area contributed by atoms with Crippen molar-refractivity contribution in [2.75, 3.05) is 13.2 Å². The lowest BCUT2D eigenvalue weighted by molar-refractivity contribution is -0.143. The highest BCUT2D eigenvalue weighted by Gasteiger charge is 2.18. The summed E-state index contributed by atoms with van der Waals surface area (Å²) in [5.41, 5.74) is 0. The highest BCUT2D eigenvalue weighted by atomic mass is 16.5. The van der Waals surface area contributed by atoms with Crippen LogP contribution >= 0.6 is 0 Å². The van der Waals surface area contributed by atoms with Gasteiger partial charge < -0.3 is 20.3 Å². The lowest BCUT2D eigenvalue weighted by Crippen LogP contribution is -2.45. The third-order valence-electron chi connectivity index (χ3n) is 13.4. The molecule has 0 rings (SSSR count). The van der Waals surface area contributed by atoms with Crippen molar-refractivity contribution in [2.45, 2.75) is 321 Å². The second-order valence-corrected chi connectivity index (χ2v) is 20.0. The number of carbonyl (C=O) groups is 2. The van der Waals surface area contributed by atoms with E-state index in [9.17, 15) is 19.8 Å². The van der Waals surface area contributed by atoms with Gasteiger partial charge in [-0.15, -0.1) is 0 Å². The molecule has 0 heterocycles. The van der Waals surface area contributed by atoms with Crippen LogP contribution in [0, 0.1) is 0 Å². The summed E-state index contributed by atoms with van der Waals surface area (Å²) in [4.78, 5) is 24.5. The van der Waals surface area contributed by atoms with Gasteiger partial charge in [0.25, 0.3) is 0 Å². The molecular formula is C60H113NO5. The molecule has 1 amide bonds. The molecule has 0 aromatic heterocycles. The van der Waals surface area contributed by atoms with Gasteiger partial charge in [0.05, 0.1) is 25.4 Å². The second-order valence-electron chi connectivity index (χ2n) is 20.0. The molecule has 0 fully saturated rings. The molecule has 0 saturated heterocycles. The van der Waals surface area contributed by atoms with Crippen molar-refractivity contribution >= 4 is 11.9 Å². The zero-order chi connectivity index (χ0) is 47.9. The van der Waals surface area contributed by atoms with E-state index in [2.05, 4.69) is 43.5 Å². The summed E-state index contributed by atoms with van der Waals surface area (Å²) in [5, 5.41) is 23.1. The summed E-state index contributed by atoms with van der Waals surface area (Å²) in [6.45, 7) is 4.88. The fraction of sp³-hybridized carbons (Fsp3) is 0.867. The molecule has 0 saturated carbocycles. The largest absolute Gasteiger partial charge is 0.466 e. The smallest absolute Gasteiger partial charge is 0.305 e. The molecule has 66 heavy (non-hydrogen) atoms. The molecule has 2 unspecified atom stereocenters. The van der Waals surface area contributed by atoms with E-state index in [-0.39, 0.29) is 18.5 Å². The van der Waals surface area contributed by atoms with Gasteiger partial charge >= 0.3 is 5.97 Å². The lowest BCUT2D eigenvalue weighted by Gasteiger charge is -2.20. The van der Waals surface area contributed by atoms with Crippen LogP contribution in [0.1, 0.15) is 309 Å². The average Bonchev–Trinajstić information content (AvgIpc) is 3.32. The number of hydrogen-bond acceptors (Lipinski definition) is 5. The number of carbonyl (C=O) groups excluding carboxylic acids is 2. The van der Waals surface area contributed by atoms with E-state index in [1.54, 1.807) is 6.08 Å². The van der Waals surface area contributed by atoms with Crippen LogP contribution in [0.5, 0.6) is 0 Å². The third-order valence-corrected chi connectivity index (χ3v) is 13.4. The first-order valence-electron chi connectivity index (χ1n) is 29.3. The number of hydrogen-bond donors (Lipinski definition) is 3. The summed E-state index contributed by atoms with van der Waals surface area (Å²) in [7, 11) is 0. The molecule has 0 aromatic carbocycles. The Morgan fingerprint density at radius 3 is 1.08 bits per heavy atom. The Morgan fingerprint density at radius 2 is 0.712 bits per heavy atom. The molecule has 0 bridgehead atoms. The van der Waals surface area contributed by atoms with Crippen molar-refractivity contribution in [2.24, 2.45) is 0 Å². The van der Waals surface area contributed by atoms with Crippen LogP contribution in [0.25, 0.3) is 0 Å². The molecular weight excluding hydrogens is 815 g/mol. The van der Waals surface area contributed by atoms with Crippen LogP contribution in [0.4, 0.5) is 0 Å². The highest BCUT2D eigenvalue weighted by molar-refractivity contribution is 5.76. The number of aliphatic hydroxyl groups is 2. The maximum atomic E-state index is 12.5. The summed E-state index contributed by atoms with van der Waals surface area (Å²) >= 11 is 0. The minimum Gasteiger partial charge on any atom is -0.466 e. The summed E-state index contributed by atoms with van der Waals surface area (Å²) in [5.74, 6) is -0.0825. The van der Waals surface area contributed by atoms with E-state index < -0.39 is 12.1 Å². The molecule has 0 radical (unpaired) electrons. The van der Waals surface area contributed by atoms with Gasteiger partial charge in [0.15, 0.2) is 0 Å². The standard InChI is InChI=1S/C60H113NO5/c1-3-5-7-9-11-13-15-17-19-25-28-32-36-40-44-48-52-58(63)57(56-62)61-59(64)53-49-45-41-37-33-29-26-23-21-20-22-24-27-31-35-39-43-47-51-55-66-60(65)54-50-46-42-38-34-30-18-16-14-12-10-8-6-4-2/h16,18,20-21,48,52,57-58,62-63H,3-15,17,19,22-47,49-51,53-56H2,1-2H3,(H,61,64)/b18-16-,21-20-,52-48+. The molecule has 6 nitrogen and oxygen atoms in total. The molecule has 0 aromatic rings. The normalized spacial score (nSPS) is 12.8. The number of rotatable bonds is 54. The minimum absolute atomic E-state index is 0.00554. The Kier molecular flexibility index (Phi) is 54.1. The first-order chi connectivity index (χ1) is 32.5. The van der Waals surface area contributed by atoms with E-state index in [1.807, 2.05) is 6.08 Å². The molecule has 0 aliphatic carbocycles. The van der Waals surface area contributed by atoms with Crippen LogP contribution in [0.15, 0.2) is 36.5 Å². The number of aliphatic hydroxyl groups excluding tert-OH is 2. The van der Waals surface area contributed by atoms with Crippen LogP contribution in [-0.2, 0) is 14.3 Å². The van der Waals surface area contributed by atoms with Gasteiger partial charge in [-0.2, -0.15) is 0 Å². The molecule has 2 atom stereocenters. The van der Waals surface area contributed by atoms with Gasteiger partial charge in [0.2, 0.25) is 5.91 Å². The number of allylic oxidation sites excluding steroid dienone is 5. The van der Waals surface area contributed by atoms with E-state index in [0.717, 1.165) is 51.4 Å². The minimum atomic E-state index is -0.851. The predicted octanol–water partition coefficient (Wildman–Crippen LogP) is 18.0. The number of ether oxygens (including phenoxy) is 1. The summed E-state index contributed by atoms with van der Waals surface area (Å²) in [6.07, 6.45) is 68.8. The van der Waals surface area contributed by atoms with E-state index >= 15 is 0 Å². The maximum Gasteiger partial charge on any atom is 0.305 e. The van der Waals surface area contributed by atoms with E-state index in [4.69, 9.17) is 4.74 Å². The van der Waals surface area contributed by atoms with E-state index in [1.165, 1.54) is 231 Å². The van der Waals surface area contributed by atoms with Gasteiger partial charge in [-0.05, 0) is 83.5 Å². The third kappa shape index (κ3) is 51.5. The van der Waals surface area contributed by atoms with Crippen LogP contribution in [0.3, 0.4) is 0 Å². The number of amides is 1. The number of unbranched alkanes of at least 4 members (excludes halogenated alkanes) is 39. The summed E-state index contributed by atoms with van der Waals surface area (Å²) in [6, 6.07) is -0.635. The first-order valence-corrected chi connectivity index (χ1v) is 29.3. The SMILES string of the molecule is CCCCCCC/C=C\CCCCCCCC(=O)OCCCCCCCCCC/C=C\CCCCCCCCCC(=O)NC(CO)C(O)/C=C/CCCCCCCCCCCCCCCC. The second kappa shape index (κ2) is 55.7. The highest BCUT2D eigenvalue weighted by Crippen LogP contribution is 2.16. The average molecular weight is 929 g/mol. The van der Waals surface area contributed by atoms with Crippen LogP contribution < -0.4 is 5.32 Å². The first kappa shape index (κ1) is 64.1. The fourth-order valence-electron chi connectivity index (χ4n) is 8.86. The monoisotopic (exact) mass is 928 g/mol. The Balaban J connectivity index is 3.47. The molecule has 0 aliphatic heterocycles. The van der Waals surface area contributed by atoms with E-state index in [0.29, 0.717) is 19.4 Å². The fourth-order valence-corrected chi connectivity index (χ4v) is 8.86. The molecule has 6 heteroatoms. The predicted molar refractivity (Wildman–Crippen MR) is 287 cm³/mol. The maximum absolute atomic E-state index is 12.5. The van der Waals surface area contributed by atoms with Gasteiger partial charge in [0.1, 0.15) is 0 Å². The van der Waals surface area contributed by atoms with Gasteiger partial charge in [0, 0.05) is 12.8 Å². The van der Waals surface area contributed by atoms with Crippen molar-refractivity contribution in [1.29, 1.82) is 0 Å². The quantitative estimate of drug-likeness (QED) is 0.0321. The van der Waals surface area contributed by atoms with Crippen molar-refractivity contribution < 1.29 is 24.5 Å². The number of esters is 1. The van der Waals surface area contributed by atoms with Crippen LogP contribution in [0.2, 0.25) is 0 Å². The molecule has 3 N–H and O–H groups in total. The zero-order valence-electron chi connectivity index (χ0n) is 44.2. The van der Waals surface area contributed by atoms with Crippen LogP contribution in [-0.4, -0.2) is 47.4 Å². The number of nitrogens with one attached hydrogen (secondary N) is 1. The Hall–Kier alpha value is -1.92. The van der Waals surface area contributed by atoms with Crippen molar-refractivity contribution in [1.82, 2.24) is 5.32 Å². The topological polar surface area (TPSA) is 95.9 Å². The summed E-state index contributed by atoms with van der Waals surface area (Å²) < 4.78 is 5.47. The lowest BCUT2D eigenvalue weighted by atomic mass is 10.0. The Labute approximate surface area is 411 Å². The van der Waals surface area contributed by atoms with Crippen molar-refractivity contribution in [3.63, 3.8) is 0 Å². The van der Waals surface area contributed by atoms with Crippen molar-refractivity contribution in [3.05, 3.63) is 36.5 Å². The van der Waals surface area contributed by atoms with Gasteiger partial charge in [-0.25, -0.2) is 0 Å². The van der Waals surface area contributed by atoms with Gasteiger partial charge in [-0.1, -0.05) is 249 Å². The van der Waals surface area contributed by atoms with Gasteiger partial charge in [-0.3, -0.25) is 9.59 Å². The molecule has 0 spiro atoms. The molecule has 0 aliphatic rings. The Morgan fingerprint density at radius 1 is 0.409 bits per heavy atom. The van der Waals surface area contributed by atoms with Crippen molar-refractivity contribution in [3.8, 4) is 0 Å².